The lowest BCUT2D eigenvalue weighted by atomic mass is 9.80. The number of carbonyl (C=O) groups excluding carboxylic acids is 1. The molecule has 0 radical (unpaired) electrons. The fraction of sp³-hybridized carbons (Fsp3) is 0.211. The van der Waals surface area contributed by atoms with E-state index in [4.69, 9.17) is 23.5 Å². The number of hydrogen-bond acceptors (Lipinski definition) is 10. The van der Waals surface area contributed by atoms with Crippen LogP contribution in [0.3, 0.4) is 0 Å². The van der Waals surface area contributed by atoms with Crippen LogP contribution in [0.4, 0.5) is 10.2 Å². The number of aromatic nitrogens is 4. The van der Waals surface area contributed by atoms with Gasteiger partial charge in [0.1, 0.15) is 29.5 Å². The molecule has 0 saturated carbocycles. The zero-order valence-electron chi connectivity index (χ0n) is 29.2. The number of imidazole rings is 1. The summed E-state index contributed by atoms with van der Waals surface area (Å²) in [4.78, 5) is 35.6. The first-order valence-corrected chi connectivity index (χ1v) is 17.6. The largest absolute Gasteiger partial charge is 0.695 e. The van der Waals surface area contributed by atoms with Gasteiger partial charge in [0.2, 0.25) is 0 Å². The van der Waals surface area contributed by atoms with Crippen molar-refractivity contribution in [3.05, 3.63) is 144 Å². The lowest BCUT2D eigenvalue weighted by Gasteiger charge is -2.37. The number of nitrogens with zero attached hydrogens (tertiary/aromatic N) is 4. The number of carbonyl (C=O) groups is 1. The number of hydrogen-bond donors (Lipinski definition) is 2. The second-order valence-corrected chi connectivity index (χ2v) is 12.7. The van der Waals surface area contributed by atoms with Crippen LogP contribution in [-0.2, 0) is 24.2 Å². The minimum absolute atomic E-state index is 0. The van der Waals surface area contributed by atoms with Gasteiger partial charge in [-0.1, -0.05) is 72.8 Å². The number of benzene rings is 4. The maximum Gasteiger partial charge on any atom is 0.695 e. The molecule has 4 aromatic carbocycles. The van der Waals surface area contributed by atoms with Gasteiger partial charge in [-0.2, -0.15) is 9.90 Å². The maximum atomic E-state index is 16.5. The van der Waals surface area contributed by atoms with Crippen molar-refractivity contribution in [2.24, 2.45) is 0 Å². The highest BCUT2D eigenvalue weighted by Crippen LogP contribution is 2.44. The van der Waals surface area contributed by atoms with Crippen molar-refractivity contribution in [1.29, 1.82) is 0 Å². The lowest BCUT2D eigenvalue weighted by molar-refractivity contribution is -0.0912. The molecule has 0 aliphatic carbocycles. The molecule has 6 aromatic rings. The number of anilines is 1. The summed E-state index contributed by atoms with van der Waals surface area (Å²) >= 11 is 0. The molecule has 7 rings (SSSR count). The second-order valence-electron chi connectivity index (χ2n) is 12.0. The van der Waals surface area contributed by atoms with Crippen LogP contribution in [0, 0.1) is 0 Å². The van der Waals surface area contributed by atoms with Gasteiger partial charge in [0.25, 0.3) is 5.91 Å². The Hall–Kier alpha value is -5.20. The normalized spacial score (nSPS) is 18.5. The SMILES string of the molecule is COc1ccc(C(OC[C@H]2O[C@@H](n3cnc4c(NC(=O)c5ccccc5)ncnc43)[C@H](F)[C@@H]2O[P+](=O)O)(c2ccccc2)c2ccc(OC)cc2)cc1.P. The number of methoxy groups -OCH3 is 2. The van der Waals surface area contributed by atoms with Gasteiger partial charge in [-0.05, 0) is 53.1 Å². The molecule has 3 heterocycles. The first-order valence-electron chi connectivity index (χ1n) is 16.5. The van der Waals surface area contributed by atoms with E-state index < -0.39 is 44.4 Å². The zero-order chi connectivity index (χ0) is 37.0. The highest BCUT2D eigenvalue weighted by molar-refractivity contribution is 7.32. The standard InChI is InChI=1S/C38H33FN5O8P.H3P/c1-48-28-17-13-26(14-18-28)38(25-11-7-4-8-12-25,27-15-19-29(49-2)20-16-27)50-21-30-33(52-53(46)47)31(39)37(51-30)44-23-42-32-34(40-22-41-35(32)44)43-36(45)24-9-5-3-6-10-24;/h3-20,22-23,30-31,33,37H,21H2,1-2H3,(H-,40,41,43,45,46,47);1H3/p+1/t30-,31-,33-,37-;/m1./s1. The van der Waals surface area contributed by atoms with Crippen LogP contribution in [0.25, 0.3) is 11.2 Å². The van der Waals surface area contributed by atoms with E-state index in [0.717, 1.165) is 5.56 Å². The summed E-state index contributed by atoms with van der Waals surface area (Å²) in [6, 6.07) is 32.7. The molecule has 1 aliphatic heterocycles. The Morgan fingerprint density at radius 1 is 0.870 bits per heavy atom. The minimum Gasteiger partial charge on any atom is -0.497 e. The summed E-state index contributed by atoms with van der Waals surface area (Å²) in [6.45, 7) is -0.294. The third-order valence-electron chi connectivity index (χ3n) is 9.02. The van der Waals surface area contributed by atoms with Crippen LogP contribution in [0.15, 0.2) is 122 Å². The second kappa shape index (κ2) is 16.9. The molecule has 1 fully saturated rings. The van der Waals surface area contributed by atoms with Gasteiger partial charge in [0.05, 0.1) is 27.2 Å². The monoisotopic (exact) mass is 772 g/mol. The lowest BCUT2D eigenvalue weighted by Crippen LogP contribution is -2.39. The number of halogens is 1. The van der Waals surface area contributed by atoms with E-state index in [1.54, 1.807) is 44.6 Å². The molecular weight excluding hydrogens is 735 g/mol. The molecule has 0 bridgehead atoms. The molecule has 2 aromatic heterocycles. The molecule has 1 saturated heterocycles. The highest BCUT2D eigenvalue weighted by Gasteiger charge is 2.53. The summed E-state index contributed by atoms with van der Waals surface area (Å²) < 4.78 is 59.2. The summed E-state index contributed by atoms with van der Waals surface area (Å²) in [5, 5.41) is 2.73. The molecular formula is C38H37FN5O8P2+. The van der Waals surface area contributed by atoms with Gasteiger partial charge in [-0.15, -0.1) is 9.42 Å². The predicted molar refractivity (Wildman–Crippen MR) is 203 cm³/mol. The van der Waals surface area contributed by atoms with Crippen molar-refractivity contribution in [1.82, 2.24) is 19.5 Å². The molecule has 54 heavy (non-hydrogen) atoms. The number of alkyl halides is 1. The molecule has 278 valence electrons. The maximum absolute atomic E-state index is 16.5. The molecule has 1 aliphatic rings. The molecule has 16 heteroatoms. The van der Waals surface area contributed by atoms with Crippen LogP contribution in [-0.4, -0.2) is 69.5 Å². The molecule has 2 unspecified atom stereocenters. The Morgan fingerprint density at radius 3 is 2.02 bits per heavy atom. The quantitative estimate of drug-likeness (QED) is 0.0985. The highest BCUT2D eigenvalue weighted by atomic mass is 31.1. The van der Waals surface area contributed by atoms with Gasteiger partial charge in [-0.3, -0.25) is 9.36 Å². The van der Waals surface area contributed by atoms with Crippen LogP contribution in [0.2, 0.25) is 0 Å². The number of nitrogens with one attached hydrogen (secondary N) is 1. The zero-order valence-corrected chi connectivity index (χ0v) is 31.5. The topological polar surface area (TPSA) is 156 Å². The molecule has 6 atom stereocenters. The third-order valence-corrected chi connectivity index (χ3v) is 9.44. The Labute approximate surface area is 314 Å². The van der Waals surface area contributed by atoms with Crippen LogP contribution >= 0.6 is 18.2 Å². The number of amides is 1. The van der Waals surface area contributed by atoms with Crippen molar-refractivity contribution < 1.29 is 42.1 Å². The molecule has 1 amide bonds. The van der Waals surface area contributed by atoms with Crippen molar-refractivity contribution in [2.75, 3.05) is 26.1 Å². The van der Waals surface area contributed by atoms with Crippen molar-refractivity contribution in [2.45, 2.75) is 30.2 Å². The molecule has 2 N–H and O–H groups in total. The summed E-state index contributed by atoms with van der Waals surface area (Å²) in [7, 11) is -0.0996. The molecule has 13 nitrogen and oxygen atoms in total. The van der Waals surface area contributed by atoms with Gasteiger partial charge in [-0.25, -0.2) is 19.3 Å². The van der Waals surface area contributed by atoms with Gasteiger partial charge >= 0.3 is 8.25 Å². The first-order chi connectivity index (χ1) is 25.8. The van der Waals surface area contributed by atoms with E-state index in [0.29, 0.717) is 28.2 Å². The average Bonchev–Trinajstić information content (AvgIpc) is 3.76. The Morgan fingerprint density at radius 2 is 1.44 bits per heavy atom. The average molecular weight is 773 g/mol. The fourth-order valence-electron chi connectivity index (χ4n) is 6.46. The van der Waals surface area contributed by atoms with Crippen LogP contribution in [0.1, 0.15) is 33.3 Å². The van der Waals surface area contributed by atoms with E-state index in [2.05, 4.69) is 20.3 Å². The number of ether oxygens (including phenoxy) is 4. The summed E-state index contributed by atoms with van der Waals surface area (Å²) in [5.74, 6) is 0.946. The smallest absolute Gasteiger partial charge is 0.497 e. The van der Waals surface area contributed by atoms with E-state index in [1.165, 1.54) is 17.2 Å². The van der Waals surface area contributed by atoms with E-state index in [-0.39, 0.29) is 33.5 Å². The Balaban J connectivity index is 0.00000497. The van der Waals surface area contributed by atoms with Crippen LogP contribution in [0.5, 0.6) is 11.5 Å². The van der Waals surface area contributed by atoms with Gasteiger partial charge in [0, 0.05) is 10.1 Å². The Kier molecular flexibility index (Phi) is 12.0. The molecule has 0 spiro atoms. The van der Waals surface area contributed by atoms with Gasteiger partial charge in [0.15, 0.2) is 35.5 Å². The Bertz CT molecular complexity index is 2150. The van der Waals surface area contributed by atoms with Crippen molar-refractivity contribution >= 4 is 41.0 Å². The first kappa shape index (κ1) is 38.5. The summed E-state index contributed by atoms with van der Waals surface area (Å²) in [6.07, 6.45) is -3.61. The van der Waals surface area contributed by atoms with Crippen LogP contribution < -0.4 is 14.8 Å². The van der Waals surface area contributed by atoms with Gasteiger partial charge < -0.3 is 24.3 Å². The van der Waals surface area contributed by atoms with Crippen molar-refractivity contribution in [3.8, 4) is 11.5 Å². The fourth-order valence-corrected chi connectivity index (χ4v) is 6.92. The number of rotatable bonds is 13. The minimum atomic E-state index is -3.25. The third kappa shape index (κ3) is 7.58. The van der Waals surface area contributed by atoms with Crippen molar-refractivity contribution in [3.63, 3.8) is 0 Å². The van der Waals surface area contributed by atoms with E-state index in [1.807, 2.05) is 78.9 Å². The number of fused-ring (bicyclic) bond motifs is 1. The van der Waals surface area contributed by atoms with E-state index in [9.17, 15) is 14.3 Å². The predicted octanol–water partition coefficient (Wildman–Crippen LogP) is 6.43. The van der Waals surface area contributed by atoms with E-state index >= 15 is 4.39 Å². The summed E-state index contributed by atoms with van der Waals surface area (Å²) in [5.41, 5.74) is 1.62.